The molecule has 0 radical (unpaired) electrons. The van der Waals surface area contributed by atoms with Crippen LogP contribution >= 0.6 is 0 Å². The van der Waals surface area contributed by atoms with Gasteiger partial charge in [0, 0.05) is 18.3 Å². The summed E-state index contributed by atoms with van der Waals surface area (Å²) in [4.78, 5) is 14.2. The van der Waals surface area contributed by atoms with Crippen LogP contribution in [-0.4, -0.2) is 22.8 Å². The molecule has 0 amide bonds. The van der Waals surface area contributed by atoms with Crippen molar-refractivity contribution in [3.8, 4) is 0 Å². The molecule has 0 spiro atoms. The third-order valence-electron chi connectivity index (χ3n) is 2.81. The van der Waals surface area contributed by atoms with Crippen molar-refractivity contribution in [1.29, 1.82) is 0 Å². The summed E-state index contributed by atoms with van der Waals surface area (Å²) in [6.45, 7) is 0.215. The van der Waals surface area contributed by atoms with E-state index in [2.05, 4.69) is 4.99 Å². The lowest BCUT2D eigenvalue weighted by atomic mass is 10.1. The van der Waals surface area contributed by atoms with Crippen LogP contribution in [0.2, 0.25) is 0 Å². The monoisotopic (exact) mass is 270 g/mol. The van der Waals surface area contributed by atoms with E-state index in [4.69, 9.17) is 0 Å². The van der Waals surface area contributed by atoms with Crippen LogP contribution in [0, 0.1) is 10.1 Å². The van der Waals surface area contributed by atoms with Crippen molar-refractivity contribution < 1.29 is 10.0 Å². The van der Waals surface area contributed by atoms with Crippen LogP contribution in [0.25, 0.3) is 0 Å². The zero-order valence-electron chi connectivity index (χ0n) is 10.7. The molecule has 0 aromatic heterocycles. The fraction of sp³-hybridized carbons (Fsp3) is 0.133. The largest absolute Gasteiger partial charge is 0.386 e. The normalized spacial score (nSPS) is 12.4. The van der Waals surface area contributed by atoms with E-state index in [1.54, 1.807) is 18.3 Å². The predicted molar refractivity (Wildman–Crippen MR) is 77.0 cm³/mol. The van der Waals surface area contributed by atoms with E-state index in [1.165, 1.54) is 12.1 Å². The maximum absolute atomic E-state index is 10.5. The van der Waals surface area contributed by atoms with Gasteiger partial charge in [-0.1, -0.05) is 30.3 Å². The highest BCUT2D eigenvalue weighted by Gasteiger charge is 2.09. The molecular formula is C15H14N2O3. The topological polar surface area (TPSA) is 75.7 Å². The molecule has 0 aliphatic carbocycles. The van der Waals surface area contributed by atoms with Crippen molar-refractivity contribution in [1.82, 2.24) is 0 Å². The molecule has 0 aliphatic rings. The Balaban J connectivity index is 1.96. The SMILES string of the molecule is O=[N+]([O-])c1ccc(C(O)CN=Cc2ccccc2)cc1. The molecule has 5 heteroatoms. The Kier molecular flexibility index (Phi) is 4.57. The summed E-state index contributed by atoms with van der Waals surface area (Å²) in [6.07, 6.45) is 0.921. The molecule has 5 nitrogen and oxygen atoms in total. The first-order valence-corrected chi connectivity index (χ1v) is 6.14. The Hall–Kier alpha value is -2.53. The molecule has 1 N–H and O–H groups in total. The first-order valence-electron chi connectivity index (χ1n) is 6.14. The number of nitro benzene ring substituents is 1. The summed E-state index contributed by atoms with van der Waals surface area (Å²) in [7, 11) is 0. The minimum absolute atomic E-state index is 0.00809. The number of hydrogen-bond acceptors (Lipinski definition) is 4. The second-order valence-corrected chi connectivity index (χ2v) is 4.27. The van der Waals surface area contributed by atoms with Crippen molar-refractivity contribution in [2.75, 3.05) is 6.54 Å². The van der Waals surface area contributed by atoms with Gasteiger partial charge in [0.05, 0.1) is 17.6 Å². The highest BCUT2D eigenvalue weighted by Crippen LogP contribution is 2.17. The first-order chi connectivity index (χ1) is 9.66. The zero-order valence-corrected chi connectivity index (χ0v) is 10.7. The fourth-order valence-corrected chi connectivity index (χ4v) is 1.72. The quantitative estimate of drug-likeness (QED) is 0.515. The van der Waals surface area contributed by atoms with E-state index in [0.29, 0.717) is 5.56 Å². The van der Waals surface area contributed by atoms with Crippen molar-refractivity contribution >= 4 is 11.9 Å². The van der Waals surface area contributed by atoms with Gasteiger partial charge in [0.15, 0.2) is 0 Å². The number of rotatable bonds is 5. The molecule has 2 aromatic rings. The second kappa shape index (κ2) is 6.58. The lowest BCUT2D eigenvalue weighted by Crippen LogP contribution is -2.02. The zero-order chi connectivity index (χ0) is 14.4. The smallest absolute Gasteiger partial charge is 0.269 e. The highest BCUT2D eigenvalue weighted by atomic mass is 16.6. The number of non-ortho nitro benzene ring substituents is 1. The van der Waals surface area contributed by atoms with Gasteiger partial charge in [-0.3, -0.25) is 15.1 Å². The van der Waals surface area contributed by atoms with Crippen LogP contribution in [0.3, 0.4) is 0 Å². The molecule has 0 saturated heterocycles. The summed E-state index contributed by atoms with van der Waals surface area (Å²) in [6, 6.07) is 15.4. The maximum Gasteiger partial charge on any atom is 0.269 e. The van der Waals surface area contributed by atoms with Gasteiger partial charge < -0.3 is 5.11 Å². The Labute approximate surface area is 116 Å². The lowest BCUT2D eigenvalue weighted by molar-refractivity contribution is -0.384. The minimum Gasteiger partial charge on any atom is -0.386 e. The molecule has 0 fully saturated rings. The Bertz CT molecular complexity index is 594. The average molecular weight is 270 g/mol. The molecule has 20 heavy (non-hydrogen) atoms. The standard InChI is InChI=1S/C15H14N2O3/c18-15(11-16-10-12-4-2-1-3-5-12)13-6-8-14(9-7-13)17(19)20/h1-10,15,18H,11H2. The molecule has 0 aliphatic heterocycles. The highest BCUT2D eigenvalue weighted by molar-refractivity contribution is 5.79. The van der Waals surface area contributed by atoms with Gasteiger partial charge in [0.25, 0.3) is 5.69 Å². The van der Waals surface area contributed by atoms with Crippen LogP contribution < -0.4 is 0 Å². The van der Waals surface area contributed by atoms with E-state index in [1.807, 2.05) is 30.3 Å². The molecule has 2 aromatic carbocycles. The van der Waals surface area contributed by atoms with Gasteiger partial charge in [-0.15, -0.1) is 0 Å². The molecule has 0 saturated carbocycles. The van der Waals surface area contributed by atoms with Gasteiger partial charge in [-0.05, 0) is 23.3 Å². The minimum atomic E-state index is -0.768. The van der Waals surface area contributed by atoms with Crippen molar-refractivity contribution in [3.05, 3.63) is 75.8 Å². The van der Waals surface area contributed by atoms with Gasteiger partial charge in [0.2, 0.25) is 0 Å². The third kappa shape index (κ3) is 3.73. The summed E-state index contributed by atoms with van der Waals surface area (Å²) in [5.41, 5.74) is 1.58. The van der Waals surface area contributed by atoms with Crippen molar-refractivity contribution in [2.45, 2.75) is 6.10 Å². The molecule has 1 atom stereocenters. The molecule has 2 rings (SSSR count). The van der Waals surface area contributed by atoms with Crippen molar-refractivity contribution in [3.63, 3.8) is 0 Å². The molecular weight excluding hydrogens is 256 g/mol. The Morgan fingerprint density at radius 3 is 2.40 bits per heavy atom. The number of nitrogens with zero attached hydrogens (tertiary/aromatic N) is 2. The number of hydrogen-bond donors (Lipinski definition) is 1. The summed E-state index contributed by atoms with van der Waals surface area (Å²) in [5.74, 6) is 0. The van der Waals surface area contributed by atoms with E-state index in [0.717, 1.165) is 5.56 Å². The number of aliphatic hydroxyl groups is 1. The number of aliphatic hydroxyl groups excluding tert-OH is 1. The van der Waals surface area contributed by atoms with Gasteiger partial charge in [0.1, 0.15) is 0 Å². The summed E-state index contributed by atoms with van der Waals surface area (Å²) < 4.78 is 0. The van der Waals surface area contributed by atoms with Gasteiger partial charge in [-0.2, -0.15) is 0 Å². The summed E-state index contributed by atoms with van der Waals surface area (Å²) in [5, 5.41) is 20.5. The van der Waals surface area contributed by atoms with Crippen LogP contribution in [0.4, 0.5) is 5.69 Å². The molecule has 102 valence electrons. The van der Waals surface area contributed by atoms with E-state index in [-0.39, 0.29) is 12.2 Å². The fourth-order valence-electron chi connectivity index (χ4n) is 1.72. The average Bonchev–Trinajstić information content (AvgIpc) is 2.48. The van der Waals surface area contributed by atoms with Crippen LogP contribution in [0.5, 0.6) is 0 Å². The van der Waals surface area contributed by atoms with Crippen LogP contribution in [-0.2, 0) is 0 Å². The van der Waals surface area contributed by atoms with Crippen LogP contribution in [0.1, 0.15) is 17.2 Å². The van der Waals surface area contributed by atoms with E-state index < -0.39 is 11.0 Å². The van der Waals surface area contributed by atoms with Crippen LogP contribution in [0.15, 0.2) is 59.6 Å². The Morgan fingerprint density at radius 2 is 1.80 bits per heavy atom. The van der Waals surface area contributed by atoms with E-state index in [9.17, 15) is 15.2 Å². The molecule has 1 unspecified atom stereocenters. The van der Waals surface area contributed by atoms with Gasteiger partial charge in [-0.25, -0.2) is 0 Å². The predicted octanol–water partition coefficient (Wildman–Crippen LogP) is 2.75. The Morgan fingerprint density at radius 1 is 1.15 bits per heavy atom. The maximum atomic E-state index is 10.5. The lowest BCUT2D eigenvalue weighted by Gasteiger charge is -2.07. The first kappa shape index (κ1) is 13.9. The number of aliphatic imine (C=N–C) groups is 1. The number of nitro groups is 1. The second-order valence-electron chi connectivity index (χ2n) is 4.27. The van der Waals surface area contributed by atoms with Gasteiger partial charge >= 0.3 is 0 Å². The number of benzene rings is 2. The van der Waals surface area contributed by atoms with E-state index >= 15 is 0 Å². The molecule has 0 bridgehead atoms. The third-order valence-corrected chi connectivity index (χ3v) is 2.81. The molecule has 0 heterocycles. The van der Waals surface area contributed by atoms with Crippen molar-refractivity contribution in [2.24, 2.45) is 4.99 Å². The summed E-state index contributed by atoms with van der Waals surface area (Å²) >= 11 is 0.